The molecule has 0 aromatic heterocycles. The number of rotatable bonds is 4. The highest BCUT2D eigenvalue weighted by Gasteiger charge is 2.44. The Morgan fingerprint density at radius 1 is 1.44 bits per heavy atom. The van der Waals surface area contributed by atoms with Crippen LogP contribution in [0.3, 0.4) is 0 Å². The normalized spacial score (nSPS) is 29.3. The van der Waals surface area contributed by atoms with Crippen LogP contribution in [0.15, 0.2) is 0 Å². The van der Waals surface area contributed by atoms with E-state index in [2.05, 4.69) is 10.6 Å². The first-order valence-electron chi connectivity index (χ1n) is 5.94. The second kappa shape index (κ2) is 6.42. The van der Waals surface area contributed by atoms with Gasteiger partial charge in [-0.05, 0) is 39.3 Å². The van der Waals surface area contributed by atoms with Crippen LogP contribution in [0, 0.1) is 5.92 Å². The Balaban J connectivity index is 0.00000128. The van der Waals surface area contributed by atoms with Crippen molar-refractivity contribution in [1.82, 2.24) is 10.6 Å². The molecule has 0 spiro atoms. The summed E-state index contributed by atoms with van der Waals surface area (Å²) >= 11 is 0. The topological polar surface area (TPSA) is 50.4 Å². The van der Waals surface area contributed by atoms with Gasteiger partial charge < -0.3 is 15.4 Å². The average Bonchev–Trinajstić information content (AvgIpc) is 2.99. The number of carbonyl (C=O) groups is 1. The fraction of sp³-hybridized carbons (Fsp3) is 0.909. The maximum absolute atomic E-state index is 11.7. The quantitative estimate of drug-likeness (QED) is 0.770. The molecule has 4 nitrogen and oxygen atoms in total. The molecule has 1 saturated carbocycles. The third kappa shape index (κ3) is 3.61. The van der Waals surface area contributed by atoms with Gasteiger partial charge in [-0.3, -0.25) is 4.79 Å². The van der Waals surface area contributed by atoms with Gasteiger partial charge in [-0.1, -0.05) is 0 Å². The molecular formula is C11H21ClN2O2. The molecule has 0 aromatic carbocycles. The molecule has 2 rings (SSSR count). The van der Waals surface area contributed by atoms with E-state index >= 15 is 0 Å². The summed E-state index contributed by atoms with van der Waals surface area (Å²) < 4.78 is 5.40. The van der Waals surface area contributed by atoms with Crippen LogP contribution >= 0.6 is 12.4 Å². The van der Waals surface area contributed by atoms with Gasteiger partial charge in [0.15, 0.2) is 0 Å². The number of hydrogen-bond acceptors (Lipinski definition) is 3. The van der Waals surface area contributed by atoms with Crippen molar-refractivity contribution < 1.29 is 9.53 Å². The number of hydrogen-bond donors (Lipinski definition) is 2. The van der Waals surface area contributed by atoms with E-state index in [1.54, 1.807) is 0 Å². The van der Waals surface area contributed by atoms with Crippen molar-refractivity contribution in [2.75, 3.05) is 19.7 Å². The fourth-order valence-electron chi connectivity index (χ4n) is 2.12. The fourth-order valence-corrected chi connectivity index (χ4v) is 2.12. The van der Waals surface area contributed by atoms with E-state index in [9.17, 15) is 4.79 Å². The Bertz CT molecular complexity index is 232. The van der Waals surface area contributed by atoms with Crippen LogP contribution in [-0.2, 0) is 9.53 Å². The van der Waals surface area contributed by atoms with E-state index in [4.69, 9.17) is 4.74 Å². The Morgan fingerprint density at radius 3 is 2.75 bits per heavy atom. The Morgan fingerprint density at radius 2 is 2.12 bits per heavy atom. The average molecular weight is 249 g/mol. The molecule has 0 aromatic rings. The molecule has 1 aliphatic heterocycles. The van der Waals surface area contributed by atoms with Crippen molar-refractivity contribution in [3.8, 4) is 0 Å². The van der Waals surface area contributed by atoms with E-state index in [0.717, 1.165) is 32.4 Å². The molecule has 2 atom stereocenters. The molecule has 16 heavy (non-hydrogen) atoms. The molecular weight excluding hydrogens is 228 g/mol. The highest BCUT2D eigenvalue weighted by atomic mass is 35.5. The lowest BCUT2D eigenvalue weighted by atomic mass is 10.1. The first kappa shape index (κ1) is 13.7. The molecule has 2 N–H and O–H groups in total. The van der Waals surface area contributed by atoms with Crippen molar-refractivity contribution in [3.63, 3.8) is 0 Å². The predicted molar refractivity (Wildman–Crippen MR) is 64.8 cm³/mol. The zero-order chi connectivity index (χ0) is 10.7. The first-order chi connectivity index (χ1) is 7.31. The summed E-state index contributed by atoms with van der Waals surface area (Å²) in [6, 6.07) is 0.377. The molecule has 2 fully saturated rings. The summed E-state index contributed by atoms with van der Waals surface area (Å²) in [6.07, 6.45) is 3.21. The van der Waals surface area contributed by atoms with E-state index in [1.807, 2.05) is 6.92 Å². The molecule has 1 amide bonds. The minimum atomic E-state index is 0. The van der Waals surface area contributed by atoms with Gasteiger partial charge in [0, 0.05) is 12.6 Å². The van der Waals surface area contributed by atoms with Crippen LogP contribution in [0.2, 0.25) is 0 Å². The molecule has 2 aliphatic rings. The largest absolute Gasteiger partial charge is 0.378 e. The standard InChI is InChI=1S/C11H20N2O2.ClH/c1-2-15-10-7-9(10)11(14)13-8-3-5-12-6-4-8;/h8-10,12H,2-7H2,1H3,(H,13,14);1H. The summed E-state index contributed by atoms with van der Waals surface area (Å²) in [6.45, 7) is 4.72. The first-order valence-corrected chi connectivity index (χ1v) is 5.94. The number of ether oxygens (including phenoxy) is 1. The maximum Gasteiger partial charge on any atom is 0.226 e. The lowest BCUT2D eigenvalue weighted by Gasteiger charge is -2.23. The van der Waals surface area contributed by atoms with Crippen LogP contribution < -0.4 is 10.6 Å². The predicted octanol–water partition coefficient (Wildman–Crippen LogP) is 0.701. The highest BCUT2D eigenvalue weighted by Crippen LogP contribution is 2.33. The summed E-state index contributed by atoms with van der Waals surface area (Å²) in [5, 5.41) is 6.40. The van der Waals surface area contributed by atoms with Crippen molar-refractivity contribution >= 4 is 18.3 Å². The molecule has 94 valence electrons. The SMILES string of the molecule is CCOC1CC1C(=O)NC1CCNCC1.Cl. The molecule has 0 bridgehead atoms. The highest BCUT2D eigenvalue weighted by molar-refractivity contribution is 5.85. The van der Waals surface area contributed by atoms with Crippen LogP contribution in [0.4, 0.5) is 0 Å². The molecule has 0 radical (unpaired) electrons. The lowest BCUT2D eigenvalue weighted by Crippen LogP contribution is -2.43. The maximum atomic E-state index is 11.7. The zero-order valence-electron chi connectivity index (χ0n) is 9.70. The van der Waals surface area contributed by atoms with Gasteiger partial charge in [0.2, 0.25) is 5.91 Å². The molecule has 2 unspecified atom stereocenters. The smallest absolute Gasteiger partial charge is 0.226 e. The van der Waals surface area contributed by atoms with Crippen LogP contribution in [0.1, 0.15) is 26.2 Å². The molecule has 1 aliphatic carbocycles. The van der Waals surface area contributed by atoms with Gasteiger partial charge in [0.05, 0.1) is 12.0 Å². The van der Waals surface area contributed by atoms with E-state index in [1.165, 1.54) is 0 Å². The van der Waals surface area contributed by atoms with Crippen molar-refractivity contribution in [2.45, 2.75) is 38.3 Å². The monoisotopic (exact) mass is 248 g/mol. The second-order valence-corrected chi connectivity index (χ2v) is 4.37. The van der Waals surface area contributed by atoms with E-state index < -0.39 is 0 Å². The summed E-state index contributed by atoms with van der Waals surface area (Å²) in [5.74, 6) is 0.320. The summed E-state index contributed by atoms with van der Waals surface area (Å²) in [7, 11) is 0. The van der Waals surface area contributed by atoms with Crippen molar-refractivity contribution in [1.29, 1.82) is 0 Å². The van der Waals surface area contributed by atoms with Crippen LogP contribution in [0.25, 0.3) is 0 Å². The zero-order valence-corrected chi connectivity index (χ0v) is 10.5. The van der Waals surface area contributed by atoms with Gasteiger partial charge in [-0.2, -0.15) is 0 Å². The van der Waals surface area contributed by atoms with Gasteiger partial charge in [0.25, 0.3) is 0 Å². The number of halogens is 1. The number of piperidine rings is 1. The minimum absolute atomic E-state index is 0. The van der Waals surface area contributed by atoms with Crippen LogP contribution in [-0.4, -0.2) is 37.7 Å². The van der Waals surface area contributed by atoms with E-state index in [0.29, 0.717) is 12.6 Å². The molecule has 5 heteroatoms. The van der Waals surface area contributed by atoms with Gasteiger partial charge in [-0.25, -0.2) is 0 Å². The van der Waals surface area contributed by atoms with Gasteiger partial charge in [-0.15, -0.1) is 12.4 Å². The molecule has 1 saturated heterocycles. The number of carbonyl (C=O) groups excluding carboxylic acids is 1. The molecule has 1 heterocycles. The number of amides is 1. The van der Waals surface area contributed by atoms with Crippen molar-refractivity contribution in [2.24, 2.45) is 5.92 Å². The lowest BCUT2D eigenvalue weighted by molar-refractivity contribution is -0.124. The third-order valence-corrected chi connectivity index (χ3v) is 3.13. The van der Waals surface area contributed by atoms with E-state index in [-0.39, 0.29) is 30.3 Å². The Hall–Kier alpha value is -0.320. The Kier molecular flexibility index (Phi) is 5.52. The Labute approximate surface area is 103 Å². The van der Waals surface area contributed by atoms with Gasteiger partial charge in [0.1, 0.15) is 0 Å². The van der Waals surface area contributed by atoms with Crippen LogP contribution in [0.5, 0.6) is 0 Å². The second-order valence-electron chi connectivity index (χ2n) is 4.37. The van der Waals surface area contributed by atoms with Crippen molar-refractivity contribution in [3.05, 3.63) is 0 Å². The minimum Gasteiger partial charge on any atom is -0.378 e. The third-order valence-electron chi connectivity index (χ3n) is 3.13. The summed E-state index contributed by atoms with van der Waals surface area (Å²) in [4.78, 5) is 11.7. The van der Waals surface area contributed by atoms with Gasteiger partial charge >= 0.3 is 0 Å². The summed E-state index contributed by atoms with van der Waals surface area (Å²) in [5.41, 5.74) is 0. The number of nitrogens with one attached hydrogen (secondary N) is 2.